The molecule has 0 saturated carbocycles. The molecule has 0 unspecified atom stereocenters. The molecule has 0 fully saturated rings. The minimum absolute atomic E-state index is 0.276. The van der Waals surface area contributed by atoms with E-state index in [1.807, 2.05) is 6.92 Å². The summed E-state index contributed by atoms with van der Waals surface area (Å²) in [5.74, 6) is 0.298. The number of carbonyl (C=O) groups is 1. The summed E-state index contributed by atoms with van der Waals surface area (Å²) < 4.78 is 5.30. The minimum atomic E-state index is -0.276. The Kier molecular flexibility index (Phi) is 3.73. The molecule has 0 spiro atoms. The number of anilines is 2. The lowest BCUT2D eigenvalue weighted by molar-refractivity contribution is 0.102. The number of nitrogens with zero attached hydrogens (tertiary/aromatic N) is 2. The SMILES string of the molecule is CCOc1ccc(C(=O)Nc2nncs2)cc1N. The van der Waals surface area contributed by atoms with Crippen LogP contribution in [-0.2, 0) is 0 Å². The second-order valence-electron chi connectivity index (χ2n) is 3.38. The van der Waals surface area contributed by atoms with Gasteiger partial charge in [0.25, 0.3) is 5.91 Å². The van der Waals surface area contributed by atoms with E-state index in [1.165, 1.54) is 11.3 Å². The van der Waals surface area contributed by atoms with Crippen molar-refractivity contribution < 1.29 is 9.53 Å². The fraction of sp³-hybridized carbons (Fsp3) is 0.182. The number of nitrogens with two attached hydrogens (primary N) is 1. The van der Waals surface area contributed by atoms with E-state index in [1.54, 1.807) is 23.7 Å². The summed E-state index contributed by atoms with van der Waals surface area (Å²) in [6, 6.07) is 4.90. The van der Waals surface area contributed by atoms with Gasteiger partial charge in [-0.2, -0.15) is 0 Å². The van der Waals surface area contributed by atoms with Gasteiger partial charge in [0.1, 0.15) is 11.3 Å². The molecule has 6 nitrogen and oxygen atoms in total. The predicted molar refractivity (Wildman–Crippen MR) is 69.9 cm³/mol. The van der Waals surface area contributed by atoms with Crippen LogP contribution in [0.2, 0.25) is 0 Å². The van der Waals surface area contributed by atoms with Crippen molar-refractivity contribution in [1.82, 2.24) is 10.2 Å². The Morgan fingerprint density at radius 3 is 3.00 bits per heavy atom. The fourth-order valence-corrected chi connectivity index (χ4v) is 1.81. The molecule has 0 saturated heterocycles. The summed E-state index contributed by atoms with van der Waals surface area (Å²) in [6.07, 6.45) is 0. The number of hydrogen-bond acceptors (Lipinski definition) is 6. The summed E-state index contributed by atoms with van der Waals surface area (Å²) in [7, 11) is 0. The van der Waals surface area contributed by atoms with Crippen LogP contribution < -0.4 is 15.8 Å². The number of hydrogen-bond donors (Lipinski definition) is 2. The van der Waals surface area contributed by atoms with Gasteiger partial charge in [0.05, 0.1) is 12.3 Å². The molecule has 0 bridgehead atoms. The summed E-state index contributed by atoms with van der Waals surface area (Å²) in [5.41, 5.74) is 8.21. The smallest absolute Gasteiger partial charge is 0.257 e. The first-order valence-electron chi connectivity index (χ1n) is 5.30. The number of aromatic nitrogens is 2. The van der Waals surface area contributed by atoms with Gasteiger partial charge in [-0.15, -0.1) is 10.2 Å². The standard InChI is InChI=1S/C11H12N4O2S/c1-2-17-9-4-3-7(5-8(9)12)10(16)14-11-15-13-6-18-11/h3-6H,2,12H2,1H3,(H,14,15,16). The van der Waals surface area contributed by atoms with Gasteiger partial charge >= 0.3 is 0 Å². The Bertz CT molecular complexity index is 542. The third-order valence-corrected chi connectivity index (χ3v) is 2.76. The van der Waals surface area contributed by atoms with Gasteiger partial charge in [0.2, 0.25) is 5.13 Å². The van der Waals surface area contributed by atoms with Crippen molar-refractivity contribution in [3.63, 3.8) is 0 Å². The van der Waals surface area contributed by atoms with Crippen molar-refractivity contribution in [1.29, 1.82) is 0 Å². The summed E-state index contributed by atoms with van der Waals surface area (Å²) >= 11 is 1.25. The number of ether oxygens (including phenoxy) is 1. The largest absolute Gasteiger partial charge is 0.492 e. The van der Waals surface area contributed by atoms with Gasteiger partial charge < -0.3 is 10.5 Å². The summed E-state index contributed by atoms with van der Waals surface area (Å²) in [5, 5.41) is 10.4. The molecule has 0 atom stereocenters. The van der Waals surface area contributed by atoms with Crippen molar-refractivity contribution >= 4 is 28.1 Å². The van der Waals surface area contributed by atoms with Crippen molar-refractivity contribution in [2.24, 2.45) is 0 Å². The number of carbonyl (C=O) groups excluding carboxylic acids is 1. The average molecular weight is 264 g/mol. The second kappa shape index (κ2) is 5.46. The zero-order chi connectivity index (χ0) is 13.0. The number of amides is 1. The molecule has 1 aromatic carbocycles. The lowest BCUT2D eigenvalue weighted by Crippen LogP contribution is -2.12. The summed E-state index contributed by atoms with van der Waals surface area (Å²) in [6.45, 7) is 2.40. The number of benzene rings is 1. The Morgan fingerprint density at radius 1 is 1.56 bits per heavy atom. The van der Waals surface area contributed by atoms with Crippen LogP contribution in [0.4, 0.5) is 10.8 Å². The van der Waals surface area contributed by atoms with E-state index in [4.69, 9.17) is 10.5 Å². The maximum atomic E-state index is 11.9. The molecule has 2 aromatic rings. The van der Waals surface area contributed by atoms with Gasteiger partial charge in [-0.3, -0.25) is 10.1 Å². The van der Waals surface area contributed by atoms with Crippen molar-refractivity contribution in [2.45, 2.75) is 6.92 Å². The molecular weight excluding hydrogens is 252 g/mol. The van der Waals surface area contributed by atoms with E-state index in [0.717, 1.165) is 0 Å². The quantitative estimate of drug-likeness (QED) is 0.821. The van der Waals surface area contributed by atoms with Gasteiger partial charge in [-0.25, -0.2) is 0 Å². The van der Waals surface area contributed by atoms with Gasteiger partial charge in [0, 0.05) is 5.56 Å². The molecule has 0 aliphatic carbocycles. The maximum Gasteiger partial charge on any atom is 0.257 e. The zero-order valence-electron chi connectivity index (χ0n) is 9.71. The third kappa shape index (κ3) is 2.75. The van der Waals surface area contributed by atoms with E-state index in [9.17, 15) is 4.79 Å². The average Bonchev–Trinajstić information content (AvgIpc) is 2.84. The van der Waals surface area contributed by atoms with E-state index >= 15 is 0 Å². The first-order chi connectivity index (χ1) is 8.70. The Hall–Kier alpha value is -2.15. The molecule has 1 aromatic heterocycles. The Balaban J connectivity index is 2.13. The molecular formula is C11H12N4O2S. The highest BCUT2D eigenvalue weighted by Gasteiger charge is 2.10. The Labute approximate surface area is 108 Å². The van der Waals surface area contributed by atoms with E-state index in [0.29, 0.717) is 28.7 Å². The highest BCUT2D eigenvalue weighted by molar-refractivity contribution is 7.13. The molecule has 0 radical (unpaired) electrons. The van der Waals surface area contributed by atoms with Crippen molar-refractivity contribution in [3.8, 4) is 5.75 Å². The molecule has 7 heteroatoms. The molecule has 18 heavy (non-hydrogen) atoms. The molecule has 3 N–H and O–H groups in total. The van der Waals surface area contributed by atoms with Crippen LogP contribution in [0.15, 0.2) is 23.7 Å². The van der Waals surface area contributed by atoms with E-state index < -0.39 is 0 Å². The second-order valence-corrected chi connectivity index (χ2v) is 4.22. The van der Waals surface area contributed by atoms with Crippen molar-refractivity contribution in [3.05, 3.63) is 29.3 Å². The van der Waals surface area contributed by atoms with Gasteiger partial charge in [-0.1, -0.05) is 11.3 Å². The van der Waals surface area contributed by atoms with Crippen LogP contribution >= 0.6 is 11.3 Å². The highest BCUT2D eigenvalue weighted by Crippen LogP contribution is 2.23. The van der Waals surface area contributed by atoms with Crippen molar-refractivity contribution in [2.75, 3.05) is 17.7 Å². The number of rotatable bonds is 4. The van der Waals surface area contributed by atoms with Crippen LogP contribution in [0.5, 0.6) is 5.75 Å². The highest BCUT2D eigenvalue weighted by atomic mass is 32.1. The number of nitrogen functional groups attached to an aromatic ring is 1. The van der Waals surface area contributed by atoms with Crippen LogP contribution in [-0.4, -0.2) is 22.7 Å². The first kappa shape index (κ1) is 12.3. The molecule has 2 rings (SSSR count). The molecule has 0 aliphatic heterocycles. The third-order valence-electron chi connectivity index (χ3n) is 2.15. The Morgan fingerprint density at radius 2 is 2.39 bits per heavy atom. The van der Waals surface area contributed by atoms with Crippen LogP contribution in [0, 0.1) is 0 Å². The van der Waals surface area contributed by atoms with Gasteiger partial charge in [0.15, 0.2) is 0 Å². The minimum Gasteiger partial charge on any atom is -0.492 e. The van der Waals surface area contributed by atoms with Crippen LogP contribution in [0.25, 0.3) is 0 Å². The molecule has 94 valence electrons. The van der Waals surface area contributed by atoms with Crippen LogP contribution in [0.1, 0.15) is 17.3 Å². The van der Waals surface area contributed by atoms with Gasteiger partial charge in [-0.05, 0) is 25.1 Å². The lowest BCUT2D eigenvalue weighted by Gasteiger charge is -2.08. The predicted octanol–water partition coefficient (Wildman–Crippen LogP) is 1.77. The molecule has 0 aliphatic rings. The van der Waals surface area contributed by atoms with E-state index in [-0.39, 0.29) is 5.91 Å². The first-order valence-corrected chi connectivity index (χ1v) is 6.18. The lowest BCUT2D eigenvalue weighted by atomic mass is 10.2. The topological polar surface area (TPSA) is 90.1 Å². The fourth-order valence-electron chi connectivity index (χ4n) is 1.37. The summed E-state index contributed by atoms with van der Waals surface area (Å²) in [4.78, 5) is 11.9. The number of nitrogens with one attached hydrogen (secondary N) is 1. The zero-order valence-corrected chi connectivity index (χ0v) is 10.5. The normalized spacial score (nSPS) is 10.1. The maximum absolute atomic E-state index is 11.9. The molecule has 1 heterocycles. The monoisotopic (exact) mass is 264 g/mol. The van der Waals surface area contributed by atoms with E-state index in [2.05, 4.69) is 15.5 Å². The van der Waals surface area contributed by atoms with Crippen LogP contribution in [0.3, 0.4) is 0 Å². The molecule has 1 amide bonds.